The zero-order chi connectivity index (χ0) is 18.4. The first kappa shape index (κ1) is 25.9. The topological polar surface area (TPSA) is 51.2 Å². The molecule has 2 aliphatic heterocycles. The molecule has 3 aliphatic rings. The Labute approximate surface area is 182 Å². The summed E-state index contributed by atoms with van der Waals surface area (Å²) in [7, 11) is 0. The van der Waals surface area contributed by atoms with E-state index in [0.717, 1.165) is 58.3 Å². The van der Waals surface area contributed by atoms with Gasteiger partial charge in [0.1, 0.15) is 6.23 Å². The predicted molar refractivity (Wildman–Crippen MR) is 114 cm³/mol. The molecule has 0 N–H and O–H groups in total. The van der Waals surface area contributed by atoms with E-state index >= 15 is 0 Å². The van der Waals surface area contributed by atoms with E-state index in [-0.39, 0.29) is 55.4 Å². The van der Waals surface area contributed by atoms with Gasteiger partial charge in [-0.2, -0.15) is 0 Å². The molecule has 0 aromatic heterocycles. The molecule has 2 atom stereocenters. The van der Waals surface area contributed by atoms with E-state index in [9.17, 15) is 4.79 Å². The minimum Gasteiger partial charge on any atom is -0.466 e. The van der Waals surface area contributed by atoms with Gasteiger partial charge >= 0.3 is 5.97 Å². The van der Waals surface area contributed by atoms with Gasteiger partial charge in [-0.05, 0) is 65.2 Å². The van der Waals surface area contributed by atoms with Gasteiger partial charge in [0.05, 0.1) is 18.6 Å². The average molecular weight is 441 g/mol. The van der Waals surface area contributed by atoms with Gasteiger partial charge in [-0.25, -0.2) is 4.90 Å². The first-order valence-corrected chi connectivity index (χ1v) is 10.7. The fourth-order valence-corrected chi connectivity index (χ4v) is 4.59. The predicted octanol–water partition coefficient (Wildman–Crippen LogP) is 3.81. The SMILES string of the molecule is CCOC(=O)C1CCC(OC(N2CCCC2)N2CCC[C@H]2OCC)CC1.Cl.Cl. The quantitative estimate of drug-likeness (QED) is 0.534. The number of halogens is 2. The second kappa shape index (κ2) is 13.2. The van der Waals surface area contributed by atoms with Crippen molar-refractivity contribution in [2.75, 3.05) is 32.8 Å². The Hall–Kier alpha value is -0.110. The van der Waals surface area contributed by atoms with Crippen LogP contribution in [-0.2, 0) is 19.0 Å². The maximum Gasteiger partial charge on any atom is 0.308 e. The highest BCUT2D eigenvalue weighted by atomic mass is 35.5. The van der Waals surface area contributed by atoms with E-state index in [4.69, 9.17) is 14.2 Å². The monoisotopic (exact) mass is 440 g/mol. The zero-order valence-electron chi connectivity index (χ0n) is 17.3. The Morgan fingerprint density at radius 3 is 2.21 bits per heavy atom. The summed E-state index contributed by atoms with van der Waals surface area (Å²) < 4.78 is 17.8. The molecular formula is C20H38Cl2N2O4. The third kappa shape index (κ3) is 6.71. The second-order valence-corrected chi connectivity index (χ2v) is 7.72. The Kier molecular flexibility index (Phi) is 12.3. The summed E-state index contributed by atoms with van der Waals surface area (Å²) >= 11 is 0. The number of esters is 1. The number of hydrogen-bond acceptors (Lipinski definition) is 6. The fraction of sp³-hybridized carbons (Fsp3) is 0.950. The molecule has 28 heavy (non-hydrogen) atoms. The van der Waals surface area contributed by atoms with E-state index in [1.54, 1.807) is 0 Å². The van der Waals surface area contributed by atoms with Crippen LogP contribution in [0.15, 0.2) is 0 Å². The van der Waals surface area contributed by atoms with E-state index in [2.05, 4.69) is 16.7 Å². The number of rotatable bonds is 8. The number of carbonyl (C=O) groups is 1. The van der Waals surface area contributed by atoms with Crippen molar-refractivity contribution in [3.8, 4) is 0 Å². The van der Waals surface area contributed by atoms with Gasteiger partial charge in [0.15, 0.2) is 6.35 Å². The summed E-state index contributed by atoms with van der Waals surface area (Å²) in [6, 6.07) is 0. The van der Waals surface area contributed by atoms with Gasteiger partial charge in [-0.3, -0.25) is 9.69 Å². The zero-order valence-corrected chi connectivity index (χ0v) is 19.0. The molecule has 8 heteroatoms. The van der Waals surface area contributed by atoms with Crippen LogP contribution in [0.4, 0.5) is 0 Å². The van der Waals surface area contributed by atoms with Crippen molar-refractivity contribution in [1.29, 1.82) is 0 Å². The van der Waals surface area contributed by atoms with Crippen LogP contribution < -0.4 is 0 Å². The molecule has 0 bridgehead atoms. The Morgan fingerprint density at radius 2 is 1.61 bits per heavy atom. The van der Waals surface area contributed by atoms with Crippen molar-refractivity contribution in [2.45, 2.75) is 83.9 Å². The van der Waals surface area contributed by atoms with Crippen molar-refractivity contribution in [3.63, 3.8) is 0 Å². The maximum absolute atomic E-state index is 12.0. The van der Waals surface area contributed by atoms with Gasteiger partial charge in [0.25, 0.3) is 0 Å². The summed E-state index contributed by atoms with van der Waals surface area (Å²) in [6.45, 7) is 8.43. The normalized spacial score (nSPS) is 29.7. The second-order valence-electron chi connectivity index (χ2n) is 7.72. The standard InChI is InChI=1S/C20H36N2O4.2ClH/c1-3-24-18-8-7-15-22(18)20(21-13-5-6-14-21)26-17-11-9-16(10-12-17)19(23)25-4-2;;/h16-18,20H,3-15H2,1-2H3;2*1H/t16?,17?,18-,20?;;/m1../s1. The minimum atomic E-state index is -0.0296. The molecule has 2 saturated heterocycles. The van der Waals surface area contributed by atoms with E-state index in [1.165, 1.54) is 19.3 Å². The van der Waals surface area contributed by atoms with Crippen molar-refractivity contribution >= 4 is 30.8 Å². The summed E-state index contributed by atoms with van der Waals surface area (Å²) in [5.41, 5.74) is 0. The molecule has 1 aliphatic carbocycles. The summed E-state index contributed by atoms with van der Waals surface area (Å²) in [5.74, 6) is 0.0287. The third-order valence-corrected chi connectivity index (χ3v) is 5.94. The lowest BCUT2D eigenvalue weighted by molar-refractivity contribution is -0.217. The lowest BCUT2D eigenvalue weighted by Gasteiger charge is -2.41. The van der Waals surface area contributed by atoms with Gasteiger partial charge in [-0.1, -0.05) is 0 Å². The van der Waals surface area contributed by atoms with E-state index in [1.807, 2.05) is 6.92 Å². The number of hydrogen-bond donors (Lipinski definition) is 0. The molecule has 166 valence electrons. The number of likely N-dealkylation sites (tertiary alicyclic amines) is 2. The van der Waals surface area contributed by atoms with Gasteiger partial charge in [-0.15, -0.1) is 24.8 Å². The summed E-state index contributed by atoms with van der Waals surface area (Å²) in [6.07, 6.45) is 8.87. The van der Waals surface area contributed by atoms with Gasteiger partial charge < -0.3 is 14.2 Å². The van der Waals surface area contributed by atoms with Crippen LogP contribution in [0.3, 0.4) is 0 Å². The van der Waals surface area contributed by atoms with E-state index in [0.29, 0.717) is 6.61 Å². The first-order valence-electron chi connectivity index (χ1n) is 10.7. The minimum absolute atomic E-state index is 0. The van der Waals surface area contributed by atoms with Crippen molar-refractivity contribution in [3.05, 3.63) is 0 Å². The van der Waals surface area contributed by atoms with Crippen LogP contribution in [-0.4, -0.2) is 67.3 Å². The van der Waals surface area contributed by atoms with Crippen LogP contribution in [0.25, 0.3) is 0 Å². The molecule has 3 fully saturated rings. The van der Waals surface area contributed by atoms with Crippen LogP contribution in [0.2, 0.25) is 0 Å². The first-order chi connectivity index (χ1) is 12.7. The third-order valence-electron chi connectivity index (χ3n) is 5.94. The van der Waals surface area contributed by atoms with Crippen LogP contribution in [0.5, 0.6) is 0 Å². The molecule has 2 heterocycles. The Bertz CT molecular complexity index is 444. The van der Waals surface area contributed by atoms with Crippen LogP contribution in [0, 0.1) is 5.92 Å². The van der Waals surface area contributed by atoms with E-state index < -0.39 is 0 Å². The summed E-state index contributed by atoms with van der Waals surface area (Å²) in [5, 5.41) is 0. The molecule has 0 amide bonds. The number of nitrogens with zero attached hydrogens (tertiary/aromatic N) is 2. The maximum atomic E-state index is 12.0. The molecule has 0 radical (unpaired) electrons. The molecule has 0 spiro atoms. The lowest BCUT2D eigenvalue weighted by Crippen LogP contribution is -2.53. The highest BCUT2D eigenvalue weighted by Crippen LogP contribution is 2.32. The molecule has 0 aromatic rings. The van der Waals surface area contributed by atoms with Crippen molar-refractivity contribution < 1.29 is 19.0 Å². The molecule has 3 rings (SSSR count). The lowest BCUT2D eigenvalue weighted by atomic mass is 9.87. The smallest absolute Gasteiger partial charge is 0.308 e. The Morgan fingerprint density at radius 1 is 0.929 bits per heavy atom. The number of carbonyl (C=O) groups excluding carboxylic acids is 1. The fourth-order valence-electron chi connectivity index (χ4n) is 4.59. The van der Waals surface area contributed by atoms with Gasteiger partial charge in [0, 0.05) is 26.2 Å². The molecule has 6 nitrogen and oxygen atoms in total. The van der Waals surface area contributed by atoms with Crippen LogP contribution in [0.1, 0.15) is 65.2 Å². The average Bonchev–Trinajstić information content (AvgIpc) is 3.33. The summed E-state index contributed by atoms with van der Waals surface area (Å²) in [4.78, 5) is 16.9. The van der Waals surface area contributed by atoms with Crippen LogP contribution >= 0.6 is 24.8 Å². The van der Waals surface area contributed by atoms with Gasteiger partial charge in [0.2, 0.25) is 0 Å². The largest absolute Gasteiger partial charge is 0.466 e. The Balaban J connectivity index is 0.00000196. The highest BCUT2D eigenvalue weighted by molar-refractivity contribution is 5.85. The molecule has 0 aromatic carbocycles. The number of ether oxygens (including phenoxy) is 3. The van der Waals surface area contributed by atoms with Crippen molar-refractivity contribution in [1.82, 2.24) is 9.80 Å². The molecular weight excluding hydrogens is 403 g/mol. The highest BCUT2D eigenvalue weighted by Gasteiger charge is 2.38. The van der Waals surface area contributed by atoms with Crippen molar-refractivity contribution in [2.24, 2.45) is 5.92 Å². The molecule has 1 unspecified atom stereocenters. The molecule has 1 saturated carbocycles.